The topological polar surface area (TPSA) is 71.3 Å². The van der Waals surface area contributed by atoms with Gasteiger partial charge in [-0.1, -0.05) is 6.07 Å². The number of rotatable bonds is 6. The van der Waals surface area contributed by atoms with Gasteiger partial charge in [-0.05, 0) is 55.3 Å². The largest absolute Gasteiger partial charge is 0.305 e. The molecule has 3 aromatic heterocycles. The SMILES string of the molecule is Cc1cc(C2=NCc3cc(CC(=O)C[C@H]4CN(C)C[C@@H]4c4ccc(F)nc4)ncc32)ccn1. The lowest BCUT2D eigenvalue weighted by Gasteiger charge is -2.18. The van der Waals surface area contributed by atoms with Gasteiger partial charge in [-0.3, -0.25) is 19.8 Å². The Balaban J connectivity index is 1.26. The van der Waals surface area contributed by atoms with Gasteiger partial charge in [0.2, 0.25) is 5.95 Å². The molecule has 0 bridgehead atoms. The Morgan fingerprint density at radius 1 is 1.12 bits per heavy atom. The zero-order chi connectivity index (χ0) is 22.9. The minimum atomic E-state index is -0.480. The van der Waals surface area contributed by atoms with Crippen molar-refractivity contribution in [3.05, 3.63) is 88.5 Å². The Kier molecular flexibility index (Phi) is 5.81. The maximum atomic E-state index is 13.2. The third-order valence-corrected chi connectivity index (χ3v) is 6.55. The molecule has 3 aromatic rings. The van der Waals surface area contributed by atoms with Gasteiger partial charge in [0.15, 0.2) is 0 Å². The van der Waals surface area contributed by atoms with Gasteiger partial charge in [0, 0.05) is 73.0 Å². The van der Waals surface area contributed by atoms with Crippen molar-refractivity contribution in [2.45, 2.75) is 32.2 Å². The highest BCUT2D eigenvalue weighted by Crippen LogP contribution is 2.34. The van der Waals surface area contributed by atoms with Crippen LogP contribution in [0.15, 0.2) is 53.9 Å². The quantitative estimate of drug-likeness (QED) is 0.545. The molecule has 1 fully saturated rings. The summed E-state index contributed by atoms with van der Waals surface area (Å²) in [4.78, 5) is 32.5. The van der Waals surface area contributed by atoms with Gasteiger partial charge in [0.1, 0.15) is 5.78 Å². The molecule has 0 saturated carbocycles. The standard InChI is InChI=1S/C26H26FN5O/c1-16-7-17(5-6-28-16)26-23-13-29-21(8-19(23)12-31-26)10-22(33)9-20-14-32(2)15-24(20)18-3-4-25(27)30-11-18/h3-8,11,13,20,24H,9-10,12,14-15H2,1-2H3/t20-,24+/m0/s1. The fourth-order valence-corrected chi connectivity index (χ4v) is 5.02. The van der Waals surface area contributed by atoms with Gasteiger partial charge in [-0.15, -0.1) is 0 Å². The number of hydrogen-bond donors (Lipinski definition) is 0. The molecule has 2 atom stereocenters. The van der Waals surface area contributed by atoms with E-state index in [2.05, 4.69) is 26.9 Å². The molecule has 6 nitrogen and oxygen atoms in total. The maximum Gasteiger partial charge on any atom is 0.212 e. The van der Waals surface area contributed by atoms with Gasteiger partial charge >= 0.3 is 0 Å². The predicted molar refractivity (Wildman–Crippen MR) is 124 cm³/mol. The lowest BCUT2D eigenvalue weighted by atomic mass is 9.85. The number of aromatic nitrogens is 3. The number of Topliss-reactive ketones (excluding diaryl/α,β-unsaturated/α-hetero) is 1. The molecule has 0 unspecified atom stereocenters. The molecule has 2 aliphatic rings. The Morgan fingerprint density at radius 3 is 2.79 bits per heavy atom. The van der Waals surface area contributed by atoms with Crippen LogP contribution in [0.5, 0.6) is 0 Å². The first kappa shape index (κ1) is 21.5. The number of likely N-dealkylation sites (tertiary alicyclic amines) is 1. The van der Waals surface area contributed by atoms with Crippen LogP contribution in [0.1, 0.15) is 46.0 Å². The summed E-state index contributed by atoms with van der Waals surface area (Å²) in [5.41, 5.74) is 6.83. The minimum Gasteiger partial charge on any atom is -0.305 e. The van der Waals surface area contributed by atoms with Crippen molar-refractivity contribution in [2.24, 2.45) is 10.9 Å². The van der Waals surface area contributed by atoms with Crippen molar-refractivity contribution in [1.29, 1.82) is 0 Å². The fraction of sp³-hybridized carbons (Fsp3) is 0.346. The molecule has 0 spiro atoms. The van der Waals surface area contributed by atoms with Crippen LogP contribution in [0.4, 0.5) is 4.39 Å². The highest BCUT2D eigenvalue weighted by Gasteiger charge is 2.33. The van der Waals surface area contributed by atoms with E-state index in [1.54, 1.807) is 18.5 Å². The molecular weight excluding hydrogens is 417 g/mol. The average molecular weight is 444 g/mol. The van der Waals surface area contributed by atoms with E-state index in [-0.39, 0.29) is 17.6 Å². The molecule has 2 aliphatic heterocycles. The van der Waals surface area contributed by atoms with E-state index in [0.29, 0.717) is 19.4 Å². The van der Waals surface area contributed by atoms with Crippen LogP contribution in [0.3, 0.4) is 0 Å². The van der Waals surface area contributed by atoms with Gasteiger partial charge in [0.25, 0.3) is 0 Å². The van der Waals surface area contributed by atoms with E-state index >= 15 is 0 Å². The van der Waals surface area contributed by atoms with Crippen LogP contribution in [-0.4, -0.2) is 51.5 Å². The zero-order valence-electron chi connectivity index (χ0n) is 18.8. The minimum absolute atomic E-state index is 0.173. The summed E-state index contributed by atoms with van der Waals surface area (Å²) in [5.74, 6) is 0.0622. The molecule has 168 valence electrons. The number of likely N-dealkylation sites (N-methyl/N-ethyl adjacent to an activating group) is 1. The third kappa shape index (κ3) is 4.59. The molecule has 0 amide bonds. The van der Waals surface area contributed by atoms with Crippen molar-refractivity contribution in [3.63, 3.8) is 0 Å². The highest BCUT2D eigenvalue weighted by molar-refractivity contribution is 6.15. The first-order chi connectivity index (χ1) is 16.0. The van der Waals surface area contributed by atoms with Crippen molar-refractivity contribution in [2.75, 3.05) is 20.1 Å². The summed E-state index contributed by atoms with van der Waals surface area (Å²) in [6.07, 6.45) is 6.02. The molecule has 1 saturated heterocycles. The number of pyridine rings is 3. The Hall–Kier alpha value is -3.32. The summed E-state index contributed by atoms with van der Waals surface area (Å²) >= 11 is 0. The van der Waals surface area contributed by atoms with E-state index in [9.17, 15) is 9.18 Å². The Bertz CT molecular complexity index is 1220. The summed E-state index contributed by atoms with van der Waals surface area (Å²) in [7, 11) is 2.05. The van der Waals surface area contributed by atoms with Gasteiger partial charge in [0.05, 0.1) is 12.3 Å². The zero-order valence-corrected chi connectivity index (χ0v) is 18.8. The molecule has 33 heavy (non-hydrogen) atoms. The second-order valence-electron chi connectivity index (χ2n) is 9.11. The third-order valence-electron chi connectivity index (χ3n) is 6.55. The van der Waals surface area contributed by atoms with Crippen molar-refractivity contribution < 1.29 is 9.18 Å². The lowest BCUT2D eigenvalue weighted by Crippen LogP contribution is -2.18. The van der Waals surface area contributed by atoms with Crippen molar-refractivity contribution in [3.8, 4) is 0 Å². The number of nitrogens with zero attached hydrogens (tertiary/aromatic N) is 5. The summed E-state index contributed by atoms with van der Waals surface area (Å²) in [6.45, 7) is 4.25. The van der Waals surface area contributed by atoms with Crippen LogP contribution >= 0.6 is 0 Å². The predicted octanol–water partition coefficient (Wildman–Crippen LogP) is 3.52. The van der Waals surface area contributed by atoms with Gasteiger partial charge < -0.3 is 4.90 Å². The molecule has 0 aromatic carbocycles. The summed E-state index contributed by atoms with van der Waals surface area (Å²) in [5, 5.41) is 0. The number of carbonyl (C=O) groups excluding carboxylic acids is 1. The number of aliphatic imine (C=N–C) groups is 1. The first-order valence-corrected chi connectivity index (χ1v) is 11.2. The molecule has 5 rings (SSSR count). The van der Waals surface area contributed by atoms with E-state index in [1.165, 1.54) is 6.07 Å². The molecular formula is C26H26FN5O. The summed E-state index contributed by atoms with van der Waals surface area (Å²) < 4.78 is 13.2. The normalized spacial score (nSPS) is 20.0. The number of fused-ring (bicyclic) bond motifs is 1. The Labute approximate surface area is 192 Å². The van der Waals surface area contributed by atoms with E-state index in [4.69, 9.17) is 4.99 Å². The van der Waals surface area contributed by atoms with E-state index in [0.717, 1.165) is 52.4 Å². The lowest BCUT2D eigenvalue weighted by molar-refractivity contribution is -0.119. The van der Waals surface area contributed by atoms with Crippen LogP contribution in [0, 0.1) is 18.8 Å². The Morgan fingerprint density at radius 2 is 2.00 bits per heavy atom. The van der Waals surface area contributed by atoms with E-state index < -0.39 is 5.95 Å². The van der Waals surface area contributed by atoms with Crippen LogP contribution in [0.2, 0.25) is 0 Å². The molecule has 0 aliphatic carbocycles. The van der Waals surface area contributed by atoms with Crippen molar-refractivity contribution in [1.82, 2.24) is 19.9 Å². The van der Waals surface area contributed by atoms with E-state index in [1.807, 2.05) is 31.3 Å². The molecule has 7 heteroatoms. The van der Waals surface area contributed by atoms with Gasteiger partial charge in [-0.25, -0.2) is 4.98 Å². The second-order valence-corrected chi connectivity index (χ2v) is 9.11. The van der Waals surface area contributed by atoms with Crippen LogP contribution in [0.25, 0.3) is 0 Å². The van der Waals surface area contributed by atoms with Crippen LogP contribution in [-0.2, 0) is 17.8 Å². The number of carbonyl (C=O) groups is 1. The number of aryl methyl sites for hydroxylation is 1. The molecule has 0 N–H and O–H groups in total. The maximum absolute atomic E-state index is 13.2. The first-order valence-electron chi connectivity index (χ1n) is 11.2. The number of halogens is 1. The molecule has 0 radical (unpaired) electrons. The molecule has 5 heterocycles. The summed E-state index contributed by atoms with van der Waals surface area (Å²) in [6, 6.07) is 9.18. The van der Waals surface area contributed by atoms with Gasteiger partial charge in [-0.2, -0.15) is 4.39 Å². The fourth-order valence-electron chi connectivity index (χ4n) is 5.02. The highest BCUT2D eigenvalue weighted by atomic mass is 19.1. The number of ketones is 1. The smallest absolute Gasteiger partial charge is 0.212 e. The van der Waals surface area contributed by atoms with Crippen LogP contribution < -0.4 is 0 Å². The van der Waals surface area contributed by atoms with Crippen molar-refractivity contribution >= 4 is 11.5 Å². The second kappa shape index (κ2) is 8.90. The average Bonchev–Trinajstić information content (AvgIpc) is 3.37. The number of hydrogen-bond acceptors (Lipinski definition) is 6. The monoisotopic (exact) mass is 443 g/mol.